The molecule has 0 unspecified atom stereocenters. The fourth-order valence-corrected chi connectivity index (χ4v) is 1.65. The summed E-state index contributed by atoms with van der Waals surface area (Å²) in [5, 5.41) is 21.0. The predicted octanol–water partition coefficient (Wildman–Crippen LogP) is 1.47. The average molecular weight is 235 g/mol. The second kappa shape index (κ2) is 8.93. The van der Waals surface area contributed by atoms with E-state index in [-0.39, 0.29) is 13.2 Å². The summed E-state index contributed by atoms with van der Waals surface area (Å²) in [7, 11) is 0. The summed E-state index contributed by atoms with van der Waals surface area (Å²) in [4.78, 5) is 0. The topological polar surface area (TPSA) is 52.5 Å². The van der Waals surface area contributed by atoms with Crippen LogP contribution in [0.1, 0.15) is 18.4 Å². The Labute approximate surface area is 103 Å². The lowest BCUT2D eigenvalue weighted by molar-refractivity contribution is 0.280. The summed E-state index contributed by atoms with van der Waals surface area (Å²) in [5.74, 6) is 0. The third kappa shape index (κ3) is 6.22. The van der Waals surface area contributed by atoms with Gasteiger partial charge in [-0.15, -0.1) is 0 Å². The first kappa shape index (κ1) is 13.9. The van der Waals surface area contributed by atoms with Gasteiger partial charge in [-0.25, -0.2) is 0 Å². The molecule has 0 aromatic heterocycles. The molecule has 94 valence electrons. The molecule has 1 rings (SSSR count). The van der Waals surface area contributed by atoms with Crippen LogP contribution in [-0.4, -0.2) is 30.0 Å². The van der Waals surface area contributed by atoms with E-state index in [1.165, 1.54) is 5.56 Å². The molecule has 0 radical (unpaired) electrons. The molecular formula is C14H21NO2. The van der Waals surface area contributed by atoms with Gasteiger partial charge in [0.15, 0.2) is 0 Å². The zero-order valence-electron chi connectivity index (χ0n) is 10.1. The van der Waals surface area contributed by atoms with E-state index in [1.54, 1.807) is 0 Å². The molecule has 0 atom stereocenters. The first-order valence-corrected chi connectivity index (χ1v) is 6.01. The maximum Gasteiger partial charge on any atom is 0.0468 e. The Balaban J connectivity index is 2.27. The highest BCUT2D eigenvalue weighted by atomic mass is 16.3. The molecule has 3 nitrogen and oxygen atoms in total. The number of hydrogen-bond acceptors (Lipinski definition) is 3. The van der Waals surface area contributed by atoms with Crippen molar-refractivity contribution in [1.29, 1.82) is 0 Å². The summed E-state index contributed by atoms with van der Waals surface area (Å²) in [6.07, 6.45) is 3.34. The van der Waals surface area contributed by atoms with Crippen LogP contribution in [0.15, 0.2) is 42.0 Å². The number of aliphatic hydroxyl groups is 2. The molecule has 3 N–H and O–H groups in total. The summed E-state index contributed by atoms with van der Waals surface area (Å²) in [5.41, 5.74) is 2.36. The number of benzene rings is 1. The third-order valence-corrected chi connectivity index (χ3v) is 2.57. The van der Waals surface area contributed by atoms with Crippen LogP contribution in [0.25, 0.3) is 0 Å². The molecule has 0 bridgehead atoms. The lowest BCUT2D eigenvalue weighted by atomic mass is 10.1. The molecule has 0 aliphatic carbocycles. The van der Waals surface area contributed by atoms with Gasteiger partial charge in [0.05, 0.1) is 0 Å². The number of aliphatic hydroxyl groups excluding tert-OH is 2. The lowest BCUT2D eigenvalue weighted by Crippen LogP contribution is -2.13. The Morgan fingerprint density at radius 3 is 2.29 bits per heavy atom. The van der Waals surface area contributed by atoms with Crippen molar-refractivity contribution in [3.63, 3.8) is 0 Å². The van der Waals surface area contributed by atoms with Gasteiger partial charge in [0.25, 0.3) is 0 Å². The van der Waals surface area contributed by atoms with Crippen molar-refractivity contribution < 1.29 is 10.2 Å². The Kier molecular flexibility index (Phi) is 7.30. The Morgan fingerprint density at radius 2 is 1.71 bits per heavy atom. The van der Waals surface area contributed by atoms with Gasteiger partial charge < -0.3 is 15.5 Å². The van der Waals surface area contributed by atoms with Crippen molar-refractivity contribution in [2.45, 2.75) is 19.4 Å². The van der Waals surface area contributed by atoms with E-state index in [4.69, 9.17) is 10.2 Å². The van der Waals surface area contributed by atoms with E-state index in [0.29, 0.717) is 12.8 Å². The molecular weight excluding hydrogens is 214 g/mol. The van der Waals surface area contributed by atoms with Crippen molar-refractivity contribution >= 4 is 0 Å². The van der Waals surface area contributed by atoms with Crippen molar-refractivity contribution in [1.82, 2.24) is 5.32 Å². The monoisotopic (exact) mass is 235 g/mol. The number of rotatable bonds is 8. The van der Waals surface area contributed by atoms with Crippen LogP contribution < -0.4 is 5.32 Å². The normalized spacial score (nSPS) is 10.2. The summed E-state index contributed by atoms with van der Waals surface area (Å²) >= 11 is 0. The molecule has 0 heterocycles. The smallest absolute Gasteiger partial charge is 0.0468 e. The Morgan fingerprint density at radius 1 is 1.06 bits per heavy atom. The number of nitrogens with one attached hydrogen (secondary N) is 1. The molecule has 0 spiro atoms. The van der Waals surface area contributed by atoms with E-state index in [0.717, 1.165) is 18.7 Å². The maximum atomic E-state index is 8.85. The lowest BCUT2D eigenvalue weighted by Gasteiger charge is -2.05. The highest BCUT2D eigenvalue weighted by Gasteiger charge is 1.95. The first-order valence-electron chi connectivity index (χ1n) is 6.01. The summed E-state index contributed by atoms with van der Waals surface area (Å²) in [6, 6.07) is 10.2. The fraction of sp³-hybridized carbons (Fsp3) is 0.429. The van der Waals surface area contributed by atoms with E-state index in [1.807, 2.05) is 18.2 Å². The highest BCUT2D eigenvalue weighted by molar-refractivity contribution is 5.14. The van der Waals surface area contributed by atoms with Crippen LogP contribution in [0.2, 0.25) is 0 Å². The van der Waals surface area contributed by atoms with Gasteiger partial charge in [-0.3, -0.25) is 0 Å². The second-order valence-corrected chi connectivity index (χ2v) is 3.93. The standard InChI is InChI=1S/C14H21NO2/c16-10-7-13(8-11-17)6-9-15-12-14-4-2-1-3-5-14/h1-6,15-17H,7-12H2. The number of hydrogen-bond donors (Lipinski definition) is 3. The van der Waals surface area contributed by atoms with Gasteiger partial charge >= 0.3 is 0 Å². The van der Waals surface area contributed by atoms with Gasteiger partial charge in [-0.05, 0) is 18.4 Å². The van der Waals surface area contributed by atoms with Gasteiger partial charge in [-0.2, -0.15) is 0 Å². The van der Waals surface area contributed by atoms with E-state index < -0.39 is 0 Å². The molecule has 1 aromatic rings. The minimum absolute atomic E-state index is 0.143. The first-order chi connectivity index (χ1) is 8.36. The molecule has 1 aromatic carbocycles. The van der Waals surface area contributed by atoms with E-state index in [9.17, 15) is 0 Å². The minimum Gasteiger partial charge on any atom is -0.396 e. The Hall–Kier alpha value is -1.16. The van der Waals surface area contributed by atoms with Gasteiger partial charge in [-0.1, -0.05) is 42.0 Å². The van der Waals surface area contributed by atoms with Crippen molar-refractivity contribution in [2.75, 3.05) is 19.8 Å². The second-order valence-electron chi connectivity index (χ2n) is 3.93. The molecule has 0 fully saturated rings. The highest BCUT2D eigenvalue weighted by Crippen LogP contribution is 2.05. The van der Waals surface area contributed by atoms with Crippen molar-refractivity contribution in [3.05, 3.63) is 47.5 Å². The molecule has 0 amide bonds. The van der Waals surface area contributed by atoms with Gasteiger partial charge in [0.1, 0.15) is 0 Å². The van der Waals surface area contributed by atoms with Crippen molar-refractivity contribution in [2.24, 2.45) is 0 Å². The largest absolute Gasteiger partial charge is 0.396 e. The molecule has 0 saturated heterocycles. The quantitative estimate of drug-likeness (QED) is 0.472. The average Bonchev–Trinajstić information content (AvgIpc) is 2.36. The third-order valence-electron chi connectivity index (χ3n) is 2.57. The Bertz CT molecular complexity index is 314. The molecule has 17 heavy (non-hydrogen) atoms. The van der Waals surface area contributed by atoms with Crippen LogP contribution in [0.5, 0.6) is 0 Å². The molecule has 0 saturated carbocycles. The van der Waals surface area contributed by atoms with Crippen LogP contribution in [0.4, 0.5) is 0 Å². The van der Waals surface area contributed by atoms with Gasteiger partial charge in [0, 0.05) is 26.3 Å². The SMILES string of the molecule is OCCC(=CCNCc1ccccc1)CCO. The van der Waals surface area contributed by atoms with Crippen LogP contribution in [0.3, 0.4) is 0 Å². The molecule has 3 heteroatoms. The molecule has 0 aliphatic rings. The zero-order valence-corrected chi connectivity index (χ0v) is 10.1. The maximum absolute atomic E-state index is 8.85. The summed E-state index contributed by atoms with van der Waals surface area (Å²) in [6.45, 7) is 1.89. The van der Waals surface area contributed by atoms with Crippen molar-refractivity contribution in [3.8, 4) is 0 Å². The van der Waals surface area contributed by atoms with Crippen LogP contribution in [-0.2, 0) is 6.54 Å². The van der Waals surface area contributed by atoms with Gasteiger partial charge in [0.2, 0.25) is 0 Å². The zero-order chi connectivity index (χ0) is 12.3. The van der Waals surface area contributed by atoms with E-state index >= 15 is 0 Å². The van der Waals surface area contributed by atoms with Crippen LogP contribution in [0, 0.1) is 0 Å². The summed E-state index contributed by atoms with van der Waals surface area (Å²) < 4.78 is 0. The van der Waals surface area contributed by atoms with Crippen LogP contribution >= 0.6 is 0 Å². The molecule has 0 aliphatic heterocycles. The fourth-order valence-electron chi connectivity index (χ4n) is 1.65. The van der Waals surface area contributed by atoms with E-state index in [2.05, 4.69) is 23.5 Å². The minimum atomic E-state index is 0.143. The predicted molar refractivity (Wildman–Crippen MR) is 69.6 cm³/mol.